The predicted molar refractivity (Wildman–Crippen MR) is 89.4 cm³/mol. The zero-order valence-electron chi connectivity index (χ0n) is 13.0. The van der Waals surface area contributed by atoms with Crippen LogP contribution in [0.4, 0.5) is 0 Å². The van der Waals surface area contributed by atoms with Gasteiger partial charge in [-0.1, -0.05) is 28.1 Å². The average molecular weight is 368 g/mol. The summed E-state index contributed by atoms with van der Waals surface area (Å²) in [6.07, 6.45) is 0. The van der Waals surface area contributed by atoms with Gasteiger partial charge < -0.3 is 10.2 Å². The molecule has 0 bridgehead atoms. The molecule has 2 rings (SSSR count). The van der Waals surface area contributed by atoms with Crippen LogP contribution in [0.25, 0.3) is 0 Å². The standard InChI is InChI=1S/C16H22BrN3O2/c1-12(14-3-5-15(17)6-4-14)18-16(22)11-19-7-9-20(10-8-19)13(2)21/h3-6,12H,7-11H2,1-2H3,(H,18,22)/t12-/m0/s1. The van der Waals surface area contributed by atoms with Gasteiger partial charge in [-0.2, -0.15) is 0 Å². The van der Waals surface area contributed by atoms with E-state index in [2.05, 4.69) is 26.1 Å². The van der Waals surface area contributed by atoms with Gasteiger partial charge in [0.05, 0.1) is 12.6 Å². The Morgan fingerprint density at radius 2 is 1.77 bits per heavy atom. The van der Waals surface area contributed by atoms with Crippen LogP contribution in [-0.2, 0) is 9.59 Å². The average Bonchev–Trinajstić information content (AvgIpc) is 2.48. The van der Waals surface area contributed by atoms with E-state index in [0.717, 1.165) is 23.1 Å². The Labute approximate surface area is 139 Å². The molecule has 1 aliphatic heterocycles. The number of nitrogens with zero attached hydrogens (tertiary/aromatic N) is 2. The molecule has 5 nitrogen and oxygen atoms in total. The molecule has 1 heterocycles. The molecule has 0 aliphatic carbocycles. The molecule has 0 aromatic heterocycles. The van der Waals surface area contributed by atoms with Crippen molar-refractivity contribution in [1.29, 1.82) is 0 Å². The molecule has 0 unspecified atom stereocenters. The van der Waals surface area contributed by atoms with Crippen LogP contribution in [0.3, 0.4) is 0 Å². The lowest BCUT2D eigenvalue weighted by atomic mass is 10.1. The highest BCUT2D eigenvalue weighted by molar-refractivity contribution is 9.10. The maximum atomic E-state index is 12.1. The fraction of sp³-hybridized carbons (Fsp3) is 0.500. The smallest absolute Gasteiger partial charge is 0.234 e. The molecule has 0 radical (unpaired) electrons. The number of carbonyl (C=O) groups excluding carboxylic acids is 2. The molecule has 1 aromatic rings. The third-order valence-electron chi connectivity index (χ3n) is 3.93. The number of hydrogen-bond donors (Lipinski definition) is 1. The van der Waals surface area contributed by atoms with E-state index in [1.807, 2.05) is 36.1 Å². The van der Waals surface area contributed by atoms with Crippen molar-refractivity contribution in [3.8, 4) is 0 Å². The van der Waals surface area contributed by atoms with Crippen LogP contribution in [0.1, 0.15) is 25.5 Å². The Kier molecular flexibility index (Phi) is 5.97. The van der Waals surface area contributed by atoms with Crippen molar-refractivity contribution in [1.82, 2.24) is 15.1 Å². The molecule has 1 atom stereocenters. The molecule has 6 heteroatoms. The van der Waals surface area contributed by atoms with Crippen molar-refractivity contribution < 1.29 is 9.59 Å². The van der Waals surface area contributed by atoms with E-state index in [0.29, 0.717) is 19.6 Å². The molecule has 22 heavy (non-hydrogen) atoms. The summed E-state index contributed by atoms with van der Waals surface area (Å²) in [6, 6.07) is 7.93. The van der Waals surface area contributed by atoms with Gasteiger partial charge in [0.2, 0.25) is 11.8 Å². The third-order valence-corrected chi connectivity index (χ3v) is 4.46. The molecular formula is C16H22BrN3O2. The zero-order valence-corrected chi connectivity index (χ0v) is 14.6. The first-order valence-electron chi connectivity index (χ1n) is 7.48. The lowest BCUT2D eigenvalue weighted by Crippen LogP contribution is -2.50. The van der Waals surface area contributed by atoms with Gasteiger partial charge in [0.1, 0.15) is 0 Å². The van der Waals surface area contributed by atoms with E-state index in [1.54, 1.807) is 6.92 Å². The molecule has 1 aliphatic rings. The minimum Gasteiger partial charge on any atom is -0.348 e. The first-order valence-corrected chi connectivity index (χ1v) is 8.27. The Bertz CT molecular complexity index is 525. The van der Waals surface area contributed by atoms with Crippen molar-refractivity contribution in [3.63, 3.8) is 0 Å². The number of amides is 2. The summed E-state index contributed by atoms with van der Waals surface area (Å²) < 4.78 is 1.03. The normalized spacial score (nSPS) is 17.1. The lowest BCUT2D eigenvalue weighted by Gasteiger charge is -2.33. The molecule has 0 saturated carbocycles. The van der Waals surface area contributed by atoms with Gasteiger partial charge in [0, 0.05) is 37.6 Å². The summed E-state index contributed by atoms with van der Waals surface area (Å²) in [5.41, 5.74) is 1.08. The topological polar surface area (TPSA) is 52.7 Å². The van der Waals surface area contributed by atoms with Gasteiger partial charge >= 0.3 is 0 Å². The van der Waals surface area contributed by atoms with Gasteiger partial charge in [0.25, 0.3) is 0 Å². The van der Waals surface area contributed by atoms with Crippen LogP contribution in [-0.4, -0.2) is 54.3 Å². The molecule has 1 saturated heterocycles. The molecule has 1 aromatic carbocycles. The van der Waals surface area contributed by atoms with Crippen LogP contribution in [0.15, 0.2) is 28.7 Å². The van der Waals surface area contributed by atoms with Crippen molar-refractivity contribution in [3.05, 3.63) is 34.3 Å². The molecule has 1 N–H and O–H groups in total. The molecule has 1 fully saturated rings. The number of nitrogens with one attached hydrogen (secondary N) is 1. The second-order valence-corrected chi connectivity index (χ2v) is 6.54. The highest BCUT2D eigenvalue weighted by atomic mass is 79.9. The van der Waals surface area contributed by atoms with Crippen molar-refractivity contribution >= 4 is 27.7 Å². The van der Waals surface area contributed by atoms with E-state index >= 15 is 0 Å². The van der Waals surface area contributed by atoms with Gasteiger partial charge in [-0.05, 0) is 24.6 Å². The highest BCUT2D eigenvalue weighted by Gasteiger charge is 2.20. The maximum absolute atomic E-state index is 12.1. The van der Waals surface area contributed by atoms with E-state index in [1.165, 1.54) is 0 Å². The summed E-state index contributed by atoms with van der Waals surface area (Å²) in [5, 5.41) is 3.02. The predicted octanol–water partition coefficient (Wildman–Crippen LogP) is 1.79. The van der Waals surface area contributed by atoms with Crippen molar-refractivity contribution in [2.75, 3.05) is 32.7 Å². The quantitative estimate of drug-likeness (QED) is 0.882. The maximum Gasteiger partial charge on any atom is 0.234 e. The largest absolute Gasteiger partial charge is 0.348 e. The first-order chi connectivity index (χ1) is 10.5. The molecule has 2 amide bonds. The monoisotopic (exact) mass is 367 g/mol. The Hall–Kier alpha value is -1.40. The number of halogens is 1. The number of rotatable bonds is 4. The minimum atomic E-state index is -0.0147. The minimum absolute atomic E-state index is 0.0147. The second-order valence-electron chi connectivity index (χ2n) is 5.62. The first kappa shape index (κ1) is 17.0. The summed E-state index contributed by atoms with van der Waals surface area (Å²) >= 11 is 3.40. The molecule has 120 valence electrons. The van der Waals surface area contributed by atoms with Gasteiger partial charge in [-0.25, -0.2) is 0 Å². The van der Waals surface area contributed by atoms with E-state index in [-0.39, 0.29) is 17.9 Å². The van der Waals surface area contributed by atoms with Crippen LogP contribution in [0, 0.1) is 0 Å². The summed E-state index contributed by atoms with van der Waals surface area (Å²) in [6.45, 7) is 6.85. The Morgan fingerprint density at radius 1 is 1.18 bits per heavy atom. The molecule has 0 spiro atoms. The number of hydrogen-bond acceptors (Lipinski definition) is 3. The van der Waals surface area contributed by atoms with E-state index < -0.39 is 0 Å². The number of benzene rings is 1. The van der Waals surface area contributed by atoms with Crippen molar-refractivity contribution in [2.24, 2.45) is 0 Å². The van der Waals surface area contributed by atoms with Crippen molar-refractivity contribution in [2.45, 2.75) is 19.9 Å². The summed E-state index contributed by atoms with van der Waals surface area (Å²) in [5.74, 6) is 0.125. The number of piperazine rings is 1. The van der Waals surface area contributed by atoms with E-state index in [9.17, 15) is 9.59 Å². The Balaban J connectivity index is 1.78. The zero-order chi connectivity index (χ0) is 16.1. The van der Waals surface area contributed by atoms with Gasteiger partial charge in [-0.3, -0.25) is 14.5 Å². The lowest BCUT2D eigenvalue weighted by molar-refractivity contribution is -0.131. The number of carbonyl (C=O) groups is 2. The molecular weight excluding hydrogens is 346 g/mol. The SMILES string of the molecule is CC(=O)N1CCN(CC(=O)N[C@@H](C)c2ccc(Br)cc2)CC1. The van der Waals surface area contributed by atoms with Gasteiger partial charge in [0.15, 0.2) is 0 Å². The van der Waals surface area contributed by atoms with Crippen LogP contribution < -0.4 is 5.32 Å². The Morgan fingerprint density at radius 3 is 2.32 bits per heavy atom. The fourth-order valence-corrected chi connectivity index (χ4v) is 2.81. The summed E-state index contributed by atoms with van der Waals surface area (Å²) in [7, 11) is 0. The van der Waals surface area contributed by atoms with Crippen LogP contribution in [0.5, 0.6) is 0 Å². The summed E-state index contributed by atoms with van der Waals surface area (Å²) in [4.78, 5) is 27.3. The van der Waals surface area contributed by atoms with Crippen LogP contribution >= 0.6 is 15.9 Å². The third kappa shape index (κ3) is 4.81. The van der Waals surface area contributed by atoms with Gasteiger partial charge in [-0.15, -0.1) is 0 Å². The van der Waals surface area contributed by atoms with Crippen LogP contribution in [0.2, 0.25) is 0 Å². The fourth-order valence-electron chi connectivity index (χ4n) is 2.55. The van der Waals surface area contributed by atoms with E-state index in [4.69, 9.17) is 0 Å². The second kappa shape index (κ2) is 7.74. The highest BCUT2D eigenvalue weighted by Crippen LogP contribution is 2.16.